The predicted molar refractivity (Wildman–Crippen MR) is 127 cm³/mol. The summed E-state index contributed by atoms with van der Waals surface area (Å²) in [5, 5.41) is 9.43. The third kappa shape index (κ3) is 5.63. The quantitative estimate of drug-likeness (QED) is 0.308. The van der Waals surface area contributed by atoms with Crippen molar-refractivity contribution in [2.45, 2.75) is 38.3 Å². The number of aliphatic hydroxyl groups is 1. The van der Waals surface area contributed by atoms with Gasteiger partial charge in [-0.2, -0.15) is 0 Å². The van der Waals surface area contributed by atoms with Crippen molar-refractivity contribution in [1.82, 2.24) is 9.55 Å². The highest BCUT2D eigenvalue weighted by Crippen LogP contribution is 2.30. The maximum absolute atomic E-state index is 15.8. The van der Waals surface area contributed by atoms with Crippen LogP contribution < -0.4 is 0 Å². The second kappa shape index (κ2) is 11.1. The summed E-state index contributed by atoms with van der Waals surface area (Å²) >= 11 is 9.75. The molecule has 0 bridgehead atoms. The highest BCUT2D eigenvalue weighted by molar-refractivity contribution is 9.10. The molecule has 1 fully saturated rings. The largest absolute Gasteiger partial charge is 0.394 e. The fourth-order valence-electron chi connectivity index (χ4n) is 4.10. The third-order valence-corrected chi connectivity index (χ3v) is 6.63. The lowest BCUT2D eigenvalue weighted by Crippen LogP contribution is -2.24. The van der Waals surface area contributed by atoms with E-state index in [1.54, 1.807) is 24.5 Å². The number of ketones is 1. The molecule has 1 aliphatic rings. The Morgan fingerprint density at radius 3 is 2.94 bits per heavy atom. The van der Waals surface area contributed by atoms with Gasteiger partial charge in [-0.15, -0.1) is 0 Å². The average molecular weight is 540 g/mol. The molecule has 1 atom stereocenters. The van der Waals surface area contributed by atoms with Gasteiger partial charge in [0.05, 0.1) is 37.7 Å². The molecule has 0 amide bonds. The molecule has 0 aliphatic carbocycles. The van der Waals surface area contributed by atoms with Crippen LogP contribution in [0.25, 0.3) is 11.0 Å². The van der Waals surface area contributed by atoms with Crippen LogP contribution in [0, 0.1) is 5.82 Å². The van der Waals surface area contributed by atoms with Crippen molar-refractivity contribution >= 4 is 44.3 Å². The molecule has 0 saturated carbocycles. The van der Waals surface area contributed by atoms with E-state index in [4.69, 9.17) is 26.2 Å². The zero-order valence-electron chi connectivity index (χ0n) is 18.0. The number of imidazole rings is 1. The van der Waals surface area contributed by atoms with E-state index < -0.39 is 5.82 Å². The van der Waals surface area contributed by atoms with Gasteiger partial charge in [-0.05, 0) is 43.0 Å². The van der Waals surface area contributed by atoms with Gasteiger partial charge >= 0.3 is 0 Å². The molecule has 176 valence electrons. The first-order chi connectivity index (χ1) is 16.0. The molecule has 33 heavy (non-hydrogen) atoms. The zero-order valence-corrected chi connectivity index (χ0v) is 20.4. The summed E-state index contributed by atoms with van der Waals surface area (Å²) in [6.45, 7) is 0.835. The molecule has 2 aromatic carbocycles. The summed E-state index contributed by atoms with van der Waals surface area (Å²) in [7, 11) is 0. The number of ether oxygens (including phenoxy) is 2. The Labute approximate surface area is 204 Å². The first kappa shape index (κ1) is 24.3. The van der Waals surface area contributed by atoms with E-state index in [1.807, 2.05) is 10.6 Å². The van der Waals surface area contributed by atoms with Gasteiger partial charge in [-0.25, -0.2) is 9.37 Å². The highest BCUT2D eigenvalue weighted by Gasteiger charge is 2.24. The van der Waals surface area contributed by atoms with Crippen LogP contribution in [0.5, 0.6) is 0 Å². The molecule has 1 unspecified atom stereocenters. The molecule has 1 aromatic heterocycles. The second-order valence-electron chi connectivity index (χ2n) is 8.08. The Kier molecular flexibility index (Phi) is 8.14. The van der Waals surface area contributed by atoms with Gasteiger partial charge in [-0.3, -0.25) is 4.79 Å². The number of aliphatic hydroxyl groups excluding tert-OH is 1. The van der Waals surface area contributed by atoms with E-state index in [1.165, 1.54) is 0 Å². The van der Waals surface area contributed by atoms with Crippen LogP contribution >= 0.6 is 27.5 Å². The van der Waals surface area contributed by atoms with Crippen molar-refractivity contribution in [3.63, 3.8) is 0 Å². The number of halogens is 3. The minimum absolute atomic E-state index is 0.0291. The summed E-state index contributed by atoms with van der Waals surface area (Å²) in [5.74, 6) is -0.908. The van der Waals surface area contributed by atoms with E-state index in [0.29, 0.717) is 22.6 Å². The summed E-state index contributed by atoms with van der Waals surface area (Å²) in [6, 6.07) is 7.03. The number of fused-ring (bicyclic) bond motifs is 1. The Hall–Kier alpha value is -1.84. The number of benzene rings is 2. The zero-order chi connectivity index (χ0) is 23.4. The van der Waals surface area contributed by atoms with Crippen LogP contribution in [-0.2, 0) is 22.4 Å². The lowest BCUT2D eigenvalue weighted by Gasteiger charge is -2.23. The number of hydrogen-bond acceptors (Lipinski definition) is 5. The van der Waals surface area contributed by atoms with E-state index >= 15 is 4.39 Å². The predicted octanol–water partition coefficient (Wildman–Crippen LogP) is 4.94. The fourth-order valence-corrected chi connectivity index (χ4v) is 4.84. The minimum atomic E-state index is -0.541. The lowest BCUT2D eigenvalue weighted by molar-refractivity contribution is 0.00661. The number of nitrogens with zero attached hydrogens (tertiary/aromatic N) is 2. The van der Waals surface area contributed by atoms with E-state index in [-0.39, 0.29) is 54.8 Å². The number of carbonyl (C=O) groups is 1. The highest BCUT2D eigenvalue weighted by atomic mass is 79.9. The monoisotopic (exact) mass is 538 g/mol. The minimum Gasteiger partial charge on any atom is -0.394 e. The summed E-state index contributed by atoms with van der Waals surface area (Å²) in [5.41, 5.74) is 1.89. The topological polar surface area (TPSA) is 73.6 Å². The smallest absolute Gasteiger partial charge is 0.188 e. The van der Waals surface area contributed by atoms with E-state index in [2.05, 4.69) is 20.9 Å². The van der Waals surface area contributed by atoms with Crippen molar-refractivity contribution < 1.29 is 23.8 Å². The molecule has 2 heterocycles. The molecule has 3 aromatic rings. The third-order valence-electron chi connectivity index (χ3n) is 5.78. The van der Waals surface area contributed by atoms with Gasteiger partial charge in [0, 0.05) is 33.6 Å². The fraction of sp³-hybridized carbons (Fsp3) is 0.417. The molecular formula is C24H25BrClFN2O4. The first-order valence-electron chi connectivity index (χ1n) is 10.9. The molecule has 1 aliphatic heterocycles. The summed E-state index contributed by atoms with van der Waals surface area (Å²) < 4.78 is 29.5. The second-order valence-corrected chi connectivity index (χ2v) is 9.40. The van der Waals surface area contributed by atoms with Crippen LogP contribution in [0.15, 0.2) is 35.1 Å². The van der Waals surface area contributed by atoms with Crippen molar-refractivity contribution in [1.29, 1.82) is 0 Å². The Morgan fingerprint density at radius 2 is 2.21 bits per heavy atom. The van der Waals surface area contributed by atoms with Gasteiger partial charge in [-0.1, -0.05) is 33.6 Å². The number of Topliss-reactive ketones (excluding diaryl/α,β-unsaturated/α-hetero) is 1. The van der Waals surface area contributed by atoms with Gasteiger partial charge in [0.15, 0.2) is 11.6 Å². The molecular weight excluding hydrogens is 515 g/mol. The standard InChI is InChI=1S/C24H25BrClFN2O4/c25-16-5-4-15(20(26)10-16)9-19-18(22(31)13-32-8-6-30)11-21-24(23(19)27)28-14-29(21)12-17-3-1-2-7-33-17/h4-5,10-11,14,17,30H,1-3,6-9,12-13H2. The van der Waals surface area contributed by atoms with Crippen LogP contribution in [0.2, 0.25) is 5.02 Å². The lowest BCUT2D eigenvalue weighted by atomic mass is 9.95. The maximum atomic E-state index is 15.8. The Balaban J connectivity index is 1.74. The molecule has 9 heteroatoms. The van der Waals surface area contributed by atoms with Crippen molar-refractivity contribution in [3.8, 4) is 0 Å². The molecule has 4 rings (SSSR count). The molecule has 0 spiro atoms. The van der Waals surface area contributed by atoms with Gasteiger partial charge < -0.3 is 19.1 Å². The Bertz CT molecular complexity index is 1150. The van der Waals surface area contributed by atoms with E-state index in [0.717, 1.165) is 30.3 Å². The van der Waals surface area contributed by atoms with Crippen molar-refractivity contribution in [3.05, 3.63) is 62.6 Å². The summed E-state index contributed by atoms with van der Waals surface area (Å²) in [4.78, 5) is 17.3. The van der Waals surface area contributed by atoms with Crippen LogP contribution in [0.1, 0.15) is 40.7 Å². The number of aromatic nitrogens is 2. The average Bonchev–Trinajstić information content (AvgIpc) is 3.20. The summed E-state index contributed by atoms with van der Waals surface area (Å²) in [6.07, 6.45) is 4.84. The number of rotatable bonds is 9. The Morgan fingerprint density at radius 1 is 1.36 bits per heavy atom. The van der Waals surface area contributed by atoms with Gasteiger partial charge in [0.2, 0.25) is 0 Å². The normalized spacial score (nSPS) is 16.4. The van der Waals surface area contributed by atoms with Gasteiger partial charge in [0.25, 0.3) is 0 Å². The van der Waals surface area contributed by atoms with Crippen LogP contribution in [-0.4, -0.2) is 53.0 Å². The number of hydrogen-bond donors (Lipinski definition) is 1. The van der Waals surface area contributed by atoms with Gasteiger partial charge in [0.1, 0.15) is 12.1 Å². The van der Waals surface area contributed by atoms with E-state index in [9.17, 15) is 4.79 Å². The molecule has 1 saturated heterocycles. The first-order valence-corrected chi connectivity index (χ1v) is 12.1. The van der Waals surface area contributed by atoms with Crippen molar-refractivity contribution in [2.75, 3.05) is 26.4 Å². The maximum Gasteiger partial charge on any atom is 0.188 e. The number of carbonyl (C=O) groups excluding carboxylic acids is 1. The molecule has 1 N–H and O–H groups in total. The van der Waals surface area contributed by atoms with Crippen LogP contribution in [0.3, 0.4) is 0 Å². The van der Waals surface area contributed by atoms with Crippen LogP contribution in [0.4, 0.5) is 4.39 Å². The SMILES string of the molecule is O=C(COCCO)c1cc2c(ncn2CC2CCCCO2)c(F)c1Cc1ccc(Br)cc1Cl. The van der Waals surface area contributed by atoms with Crippen molar-refractivity contribution in [2.24, 2.45) is 0 Å². The molecule has 0 radical (unpaired) electrons. The molecule has 6 nitrogen and oxygen atoms in total.